The van der Waals surface area contributed by atoms with Gasteiger partial charge in [-0.25, -0.2) is 0 Å². The zero-order valence-electron chi connectivity index (χ0n) is 10.4. The maximum Gasteiger partial charge on any atom is 0.244 e. The molecular formula is C14H19NOS. The summed E-state index contributed by atoms with van der Waals surface area (Å²) in [5.74, 6) is 0.792. The molecule has 2 unspecified atom stereocenters. The van der Waals surface area contributed by atoms with Gasteiger partial charge >= 0.3 is 0 Å². The second kappa shape index (κ2) is 5.50. The largest absolute Gasteiger partial charge is 0.350 e. The van der Waals surface area contributed by atoms with E-state index in [1.54, 1.807) is 17.4 Å². The van der Waals surface area contributed by atoms with Gasteiger partial charge in [0.25, 0.3) is 0 Å². The highest BCUT2D eigenvalue weighted by atomic mass is 32.1. The Kier molecular flexibility index (Phi) is 4.00. The topological polar surface area (TPSA) is 29.1 Å². The van der Waals surface area contributed by atoms with Crippen molar-refractivity contribution in [2.45, 2.75) is 39.2 Å². The van der Waals surface area contributed by atoms with Crippen LogP contribution in [-0.2, 0) is 4.79 Å². The van der Waals surface area contributed by atoms with Crippen molar-refractivity contribution >= 4 is 23.3 Å². The standard InChI is InChI=1S/C14H19NOS/c1-10-3-4-12(9-10)15-14(16)6-5-13-11(2)7-8-17-13/h5-8,10,12H,3-4,9H2,1-2H3,(H,15,16)/b6-5+. The van der Waals surface area contributed by atoms with Gasteiger partial charge < -0.3 is 5.32 Å². The molecule has 1 fully saturated rings. The quantitative estimate of drug-likeness (QED) is 0.818. The SMILES string of the molecule is Cc1ccsc1/C=C/C(=O)NC1CCC(C)C1. The molecule has 2 rings (SSSR count). The summed E-state index contributed by atoms with van der Waals surface area (Å²) in [5, 5.41) is 5.12. The molecule has 0 saturated heterocycles. The predicted octanol–water partition coefficient (Wildman–Crippen LogP) is 3.37. The molecule has 1 aromatic rings. The lowest BCUT2D eigenvalue weighted by atomic mass is 10.1. The van der Waals surface area contributed by atoms with Gasteiger partial charge in [0.2, 0.25) is 5.91 Å². The predicted molar refractivity (Wildman–Crippen MR) is 73.0 cm³/mol. The first-order valence-electron chi connectivity index (χ1n) is 6.18. The van der Waals surface area contributed by atoms with Gasteiger partial charge in [0.1, 0.15) is 0 Å². The van der Waals surface area contributed by atoms with E-state index in [-0.39, 0.29) is 5.91 Å². The molecular weight excluding hydrogens is 230 g/mol. The summed E-state index contributed by atoms with van der Waals surface area (Å²) in [4.78, 5) is 12.9. The molecule has 2 nitrogen and oxygen atoms in total. The maximum atomic E-state index is 11.7. The normalized spacial score (nSPS) is 24.4. The van der Waals surface area contributed by atoms with Crippen LogP contribution in [0, 0.1) is 12.8 Å². The van der Waals surface area contributed by atoms with Crippen molar-refractivity contribution in [1.29, 1.82) is 0 Å². The van der Waals surface area contributed by atoms with Crippen LogP contribution >= 0.6 is 11.3 Å². The first-order valence-corrected chi connectivity index (χ1v) is 7.06. The van der Waals surface area contributed by atoms with Gasteiger partial charge in [0.05, 0.1) is 0 Å². The molecule has 1 saturated carbocycles. The molecule has 0 aromatic carbocycles. The number of carbonyl (C=O) groups is 1. The monoisotopic (exact) mass is 249 g/mol. The van der Waals surface area contributed by atoms with Crippen LogP contribution in [0.1, 0.15) is 36.6 Å². The average Bonchev–Trinajstić information content (AvgIpc) is 2.85. The Bertz CT molecular complexity index is 422. The molecule has 1 aliphatic carbocycles. The third-order valence-electron chi connectivity index (χ3n) is 3.33. The van der Waals surface area contributed by atoms with Crippen LogP contribution in [-0.4, -0.2) is 11.9 Å². The zero-order chi connectivity index (χ0) is 12.3. The number of rotatable bonds is 3. The van der Waals surface area contributed by atoms with Gasteiger partial charge in [-0.1, -0.05) is 6.92 Å². The summed E-state index contributed by atoms with van der Waals surface area (Å²) in [6, 6.07) is 2.45. The minimum absolute atomic E-state index is 0.0388. The van der Waals surface area contributed by atoms with E-state index in [0.717, 1.165) is 18.8 Å². The van der Waals surface area contributed by atoms with Gasteiger partial charge in [-0.3, -0.25) is 4.79 Å². The molecule has 1 aromatic heterocycles. The molecule has 0 spiro atoms. The Morgan fingerprint density at radius 3 is 2.94 bits per heavy atom. The number of aryl methyl sites for hydroxylation is 1. The summed E-state index contributed by atoms with van der Waals surface area (Å²) in [6.07, 6.45) is 7.05. The minimum atomic E-state index is 0.0388. The van der Waals surface area contributed by atoms with Crippen molar-refractivity contribution in [1.82, 2.24) is 5.32 Å². The van der Waals surface area contributed by atoms with Crippen LogP contribution in [0.15, 0.2) is 17.5 Å². The van der Waals surface area contributed by atoms with E-state index in [0.29, 0.717) is 6.04 Å². The van der Waals surface area contributed by atoms with E-state index in [9.17, 15) is 4.79 Å². The number of hydrogen-bond donors (Lipinski definition) is 1. The lowest BCUT2D eigenvalue weighted by Gasteiger charge is -2.09. The molecule has 0 aliphatic heterocycles. The number of carbonyl (C=O) groups excluding carboxylic acids is 1. The number of thiophene rings is 1. The molecule has 0 radical (unpaired) electrons. The fraction of sp³-hybridized carbons (Fsp3) is 0.500. The number of nitrogens with one attached hydrogen (secondary N) is 1. The van der Waals surface area contributed by atoms with Crippen LogP contribution in [0.25, 0.3) is 6.08 Å². The summed E-state index contributed by atoms with van der Waals surface area (Å²) in [6.45, 7) is 4.31. The lowest BCUT2D eigenvalue weighted by Crippen LogP contribution is -2.31. The molecule has 0 bridgehead atoms. The molecule has 1 aliphatic rings. The molecule has 92 valence electrons. The van der Waals surface area contributed by atoms with Crippen molar-refractivity contribution in [2.75, 3.05) is 0 Å². The molecule has 1 amide bonds. The van der Waals surface area contributed by atoms with E-state index in [1.807, 2.05) is 11.5 Å². The van der Waals surface area contributed by atoms with Crippen LogP contribution in [0.2, 0.25) is 0 Å². The van der Waals surface area contributed by atoms with E-state index in [4.69, 9.17) is 0 Å². The first-order chi connectivity index (χ1) is 8.15. The van der Waals surface area contributed by atoms with Crippen molar-refractivity contribution in [2.24, 2.45) is 5.92 Å². The zero-order valence-corrected chi connectivity index (χ0v) is 11.2. The second-order valence-electron chi connectivity index (χ2n) is 4.92. The Balaban J connectivity index is 1.85. The fourth-order valence-electron chi connectivity index (χ4n) is 2.29. The van der Waals surface area contributed by atoms with Gasteiger partial charge in [-0.2, -0.15) is 0 Å². The van der Waals surface area contributed by atoms with E-state index in [2.05, 4.69) is 25.2 Å². The van der Waals surface area contributed by atoms with Crippen molar-refractivity contribution in [3.8, 4) is 0 Å². The van der Waals surface area contributed by atoms with Gasteiger partial charge in [-0.15, -0.1) is 11.3 Å². The lowest BCUT2D eigenvalue weighted by molar-refractivity contribution is -0.117. The van der Waals surface area contributed by atoms with E-state index < -0.39 is 0 Å². The van der Waals surface area contributed by atoms with Crippen molar-refractivity contribution in [3.63, 3.8) is 0 Å². The summed E-state index contributed by atoms with van der Waals surface area (Å²) < 4.78 is 0. The highest BCUT2D eigenvalue weighted by molar-refractivity contribution is 7.11. The third-order valence-corrected chi connectivity index (χ3v) is 4.31. The smallest absolute Gasteiger partial charge is 0.244 e. The Morgan fingerprint density at radius 1 is 1.53 bits per heavy atom. The van der Waals surface area contributed by atoms with Crippen molar-refractivity contribution in [3.05, 3.63) is 28.0 Å². The summed E-state index contributed by atoms with van der Waals surface area (Å²) >= 11 is 1.67. The minimum Gasteiger partial charge on any atom is -0.350 e. The van der Waals surface area contributed by atoms with Crippen LogP contribution in [0.4, 0.5) is 0 Å². The maximum absolute atomic E-state index is 11.7. The van der Waals surface area contributed by atoms with Gasteiger partial charge in [0, 0.05) is 17.0 Å². The van der Waals surface area contributed by atoms with Crippen LogP contribution in [0.5, 0.6) is 0 Å². The molecule has 2 atom stereocenters. The third kappa shape index (κ3) is 3.43. The van der Waals surface area contributed by atoms with E-state index >= 15 is 0 Å². The van der Waals surface area contributed by atoms with Crippen molar-refractivity contribution < 1.29 is 4.79 Å². The second-order valence-corrected chi connectivity index (χ2v) is 5.87. The highest BCUT2D eigenvalue weighted by Gasteiger charge is 2.21. The van der Waals surface area contributed by atoms with Gasteiger partial charge in [-0.05, 0) is 55.2 Å². The summed E-state index contributed by atoms with van der Waals surface area (Å²) in [7, 11) is 0. The number of amides is 1. The molecule has 3 heteroatoms. The molecule has 17 heavy (non-hydrogen) atoms. The number of hydrogen-bond acceptors (Lipinski definition) is 2. The fourth-order valence-corrected chi connectivity index (χ4v) is 3.11. The van der Waals surface area contributed by atoms with Crippen LogP contribution in [0.3, 0.4) is 0 Å². The first kappa shape index (κ1) is 12.4. The summed E-state index contributed by atoms with van der Waals surface area (Å²) in [5.41, 5.74) is 1.23. The Labute approximate surface area is 107 Å². The Hall–Kier alpha value is -1.09. The van der Waals surface area contributed by atoms with Crippen LogP contribution < -0.4 is 5.32 Å². The van der Waals surface area contributed by atoms with Gasteiger partial charge in [0.15, 0.2) is 0 Å². The molecule has 1 heterocycles. The average molecular weight is 249 g/mol. The highest BCUT2D eigenvalue weighted by Crippen LogP contribution is 2.24. The molecule has 1 N–H and O–H groups in total. The van der Waals surface area contributed by atoms with E-state index in [1.165, 1.54) is 16.9 Å². The Morgan fingerprint density at radius 2 is 2.35 bits per heavy atom.